The Kier molecular flexibility index (Phi) is 11.9. The van der Waals surface area contributed by atoms with Gasteiger partial charge >= 0.3 is 0 Å². The van der Waals surface area contributed by atoms with Gasteiger partial charge in [-0.2, -0.15) is 0 Å². The molecule has 3 heterocycles. The smallest absolute Gasteiger partial charge is 0.246 e. The highest BCUT2D eigenvalue weighted by Crippen LogP contribution is 2.35. The molecule has 2 aliphatic heterocycles. The van der Waals surface area contributed by atoms with Gasteiger partial charge < -0.3 is 25.2 Å². The van der Waals surface area contributed by atoms with Crippen LogP contribution in [0.3, 0.4) is 0 Å². The van der Waals surface area contributed by atoms with Crippen molar-refractivity contribution < 1.29 is 24.3 Å². The molecule has 0 bridgehead atoms. The number of ketones is 1. The van der Waals surface area contributed by atoms with E-state index in [2.05, 4.69) is 23.4 Å². The van der Waals surface area contributed by atoms with Gasteiger partial charge in [-0.1, -0.05) is 115 Å². The van der Waals surface area contributed by atoms with Gasteiger partial charge in [0.2, 0.25) is 17.7 Å². The lowest BCUT2D eigenvalue weighted by Gasteiger charge is -2.55. The molecule has 1 aromatic heterocycles. The summed E-state index contributed by atoms with van der Waals surface area (Å²) >= 11 is 0. The number of carbonyl (C=O) groups is 4. The van der Waals surface area contributed by atoms with E-state index in [-0.39, 0.29) is 68.3 Å². The molecule has 6 aromatic rings. The van der Waals surface area contributed by atoms with E-state index in [1.165, 1.54) is 0 Å². The highest BCUT2D eigenvalue weighted by Gasteiger charge is 2.51. The Labute approximate surface area is 355 Å². The molecule has 8 rings (SSSR count). The number of hydrazine groups is 1. The molecule has 0 unspecified atom stereocenters. The predicted molar refractivity (Wildman–Crippen MR) is 236 cm³/mol. The number of Topliss-reactive ketones (excluding diaryl/α,β-unsaturated/α-hetero) is 1. The van der Waals surface area contributed by atoms with E-state index in [0.29, 0.717) is 24.9 Å². The lowest BCUT2D eigenvalue weighted by atomic mass is 9.97. The fraction of sp³-hybridized carbons (Fsp3) is 0.240. The molecule has 2 fully saturated rings. The average Bonchev–Trinajstić information content (AvgIpc) is 3.62. The minimum Gasteiger partial charge on any atom is -0.508 e. The maximum Gasteiger partial charge on any atom is 0.246 e. The number of nitrogens with two attached hydrogens (primary N) is 1. The molecule has 2 aliphatic rings. The van der Waals surface area contributed by atoms with Gasteiger partial charge in [0.15, 0.2) is 5.78 Å². The molecule has 0 saturated carbocycles. The fourth-order valence-electron chi connectivity index (χ4n) is 8.80. The second-order valence-electron chi connectivity index (χ2n) is 15.9. The number of amides is 3. The van der Waals surface area contributed by atoms with Crippen molar-refractivity contribution in [1.82, 2.24) is 24.4 Å². The van der Waals surface area contributed by atoms with Crippen molar-refractivity contribution in [2.24, 2.45) is 12.8 Å². The molecule has 0 spiro atoms. The van der Waals surface area contributed by atoms with Crippen molar-refractivity contribution in [1.29, 1.82) is 0 Å². The van der Waals surface area contributed by atoms with Crippen LogP contribution in [-0.2, 0) is 53.8 Å². The second kappa shape index (κ2) is 17.8. The Hall–Kier alpha value is -6.82. The van der Waals surface area contributed by atoms with E-state index in [9.17, 15) is 24.3 Å². The zero-order chi connectivity index (χ0) is 42.6. The minimum absolute atomic E-state index is 0.0319. The largest absolute Gasteiger partial charge is 0.508 e. The summed E-state index contributed by atoms with van der Waals surface area (Å²) in [5, 5.41) is 14.4. The Morgan fingerprint density at radius 2 is 1.54 bits per heavy atom. The monoisotopic (exact) mass is 814 g/mol. The van der Waals surface area contributed by atoms with Crippen LogP contribution < -0.4 is 5.73 Å². The number of phenols is 1. The van der Waals surface area contributed by atoms with Crippen LogP contribution in [0.1, 0.15) is 44.6 Å². The number of piperazine rings is 1. The molecule has 3 N–H and O–H groups in total. The van der Waals surface area contributed by atoms with Gasteiger partial charge in [0.05, 0.1) is 18.6 Å². The lowest BCUT2D eigenvalue weighted by molar-refractivity contribution is -0.205. The molecule has 61 heavy (non-hydrogen) atoms. The minimum atomic E-state index is -0.888. The first-order valence-corrected chi connectivity index (χ1v) is 20.7. The summed E-state index contributed by atoms with van der Waals surface area (Å²) in [6, 6.07) is 37.1. The number of benzene rings is 5. The van der Waals surface area contributed by atoms with Crippen molar-refractivity contribution in [3.8, 4) is 16.9 Å². The first-order valence-electron chi connectivity index (χ1n) is 20.7. The standard InChI is InChI=1S/C50H50N6O5/c1-3-26-54-33-48(60)55-44(27-35-16-23-41(57)24-17-35)50(61)53(32-46(55)56(54)47(59)25-18-34-8-5-4-6-9-34)30-40-10-7-11-42-43(31-52(2)49(40)42)38-19-21-39(22-20-38)45(58)28-36-12-14-37(29-51)15-13-36/h3-17,19-24,31,44,46,57H,1,18,25-30,32-33,51H2,2H3/t44-,46-/m0/s1. The molecule has 0 radical (unpaired) electrons. The molecule has 310 valence electrons. The average molecular weight is 815 g/mol. The van der Waals surface area contributed by atoms with E-state index in [0.717, 1.165) is 49.8 Å². The van der Waals surface area contributed by atoms with Gasteiger partial charge in [0.25, 0.3) is 0 Å². The molecule has 3 amide bonds. The maximum absolute atomic E-state index is 14.8. The van der Waals surface area contributed by atoms with Crippen molar-refractivity contribution in [2.75, 3.05) is 19.6 Å². The number of fused-ring (bicyclic) bond motifs is 2. The molecule has 2 atom stereocenters. The SMILES string of the molecule is C=CCN1CC(=O)N2[C@@H](Cc3ccc(O)cc3)C(=O)N(Cc3cccc4c(-c5ccc(C(=O)Cc6ccc(CN)cc6)cc5)cn(C)c34)C[C@@H]2N1C(=O)CCc1ccccc1. The number of rotatable bonds is 14. The molecule has 11 heteroatoms. The topological polar surface area (TPSA) is 132 Å². The number of hydrogen-bond donors (Lipinski definition) is 2. The van der Waals surface area contributed by atoms with Gasteiger partial charge in [0.1, 0.15) is 18.0 Å². The van der Waals surface area contributed by atoms with Crippen LogP contribution >= 0.6 is 0 Å². The van der Waals surface area contributed by atoms with Crippen molar-refractivity contribution in [3.05, 3.63) is 174 Å². The van der Waals surface area contributed by atoms with Crippen molar-refractivity contribution >= 4 is 34.4 Å². The molecule has 11 nitrogen and oxygen atoms in total. The van der Waals surface area contributed by atoms with E-state index in [1.807, 2.05) is 98.0 Å². The molecule has 2 saturated heterocycles. The third kappa shape index (κ3) is 8.61. The van der Waals surface area contributed by atoms with E-state index in [4.69, 9.17) is 5.73 Å². The van der Waals surface area contributed by atoms with E-state index < -0.39 is 12.2 Å². The van der Waals surface area contributed by atoms with Crippen LogP contribution in [0.4, 0.5) is 0 Å². The number of aromatic hydroxyl groups is 1. The zero-order valence-corrected chi connectivity index (χ0v) is 34.3. The number of phenolic OH excluding ortho intramolecular Hbond substituents is 1. The normalized spacial score (nSPS) is 16.9. The first kappa shape index (κ1) is 40.9. The lowest BCUT2D eigenvalue weighted by Crippen LogP contribution is -2.75. The summed E-state index contributed by atoms with van der Waals surface area (Å²) in [5.41, 5.74) is 14.0. The zero-order valence-electron chi connectivity index (χ0n) is 34.3. The number of carbonyl (C=O) groups excluding carboxylic acids is 4. The van der Waals surface area contributed by atoms with Crippen LogP contribution in [0, 0.1) is 0 Å². The molecule has 5 aromatic carbocycles. The number of nitrogens with zero attached hydrogens (tertiary/aromatic N) is 5. The molecular formula is C50H50N6O5. The predicted octanol–water partition coefficient (Wildman–Crippen LogP) is 6.42. The van der Waals surface area contributed by atoms with Gasteiger partial charge in [-0.05, 0) is 51.9 Å². The van der Waals surface area contributed by atoms with Crippen LogP contribution in [0.25, 0.3) is 22.0 Å². The molecular weight excluding hydrogens is 765 g/mol. The number of hydrogen-bond acceptors (Lipinski definition) is 7. The Morgan fingerprint density at radius 1 is 0.836 bits per heavy atom. The van der Waals surface area contributed by atoms with Crippen LogP contribution in [0.2, 0.25) is 0 Å². The third-order valence-corrected chi connectivity index (χ3v) is 11.8. The number of para-hydroxylation sites is 1. The quantitative estimate of drug-likeness (QED) is 0.0959. The summed E-state index contributed by atoms with van der Waals surface area (Å²) in [4.78, 5) is 59.9. The van der Waals surface area contributed by atoms with Gasteiger partial charge in [-0.25, -0.2) is 10.0 Å². The van der Waals surface area contributed by atoms with Crippen LogP contribution in [0.5, 0.6) is 5.75 Å². The van der Waals surface area contributed by atoms with Gasteiger partial charge in [-0.3, -0.25) is 19.2 Å². The summed E-state index contributed by atoms with van der Waals surface area (Å²) in [5.74, 6) is -0.460. The van der Waals surface area contributed by atoms with Crippen LogP contribution in [-0.4, -0.2) is 84.8 Å². The first-order chi connectivity index (χ1) is 29.6. The Balaban J connectivity index is 1.10. The Morgan fingerprint density at radius 3 is 2.25 bits per heavy atom. The van der Waals surface area contributed by atoms with Crippen LogP contribution in [0.15, 0.2) is 140 Å². The van der Waals surface area contributed by atoms with Crippen molar-refractivity contribution in [3.63, 3.8) is 0 Å². The molecule has 0 aliphatic carbocycles. The highest BCUT2D eigenvalue weighted by molar-refractivity contribution is 6.00. The number of aryl methyl sites for hydroxylation is 2. The van der Waals surface area contributed by atoms with E-state index >= 15 is 0 Å². The maximum atomic E-state index is 14.8. The summed E-state index contributed by atoms with van der Waals surface area (Å²) in [6.45, 7) is 4.94. The highest BCUT2D eigenvalue weighted by atomic mass is 16.3. The second-order valence-corrected chi connectivity index (χ2v) is 15.9. The fourth-order valence-corrected chi connectivity index (χ4v) is 8.80. The third-order valence-electron chi connectivity index (χ3n) is 11.8. The van der Waals surface area contributed by atoms with E-state index in [1.54, 1.807) is 50.2 Å². The van der Waals surface area contributed by atoms with Gasteiger partial charge in [0, 0.05) is 68.7 Å². The van der Waals surface area contributed by atoms with Gasteiger partial charge in [-0.15, -0.1) is 6.58 Å². The Bertz CT molecular complexity index is 2570. The summed E-state index contributed by atoms with van der Waals surface area (Å²) in [7, 11) is 1.98. The van der Waals surface area contributed by atoms with Crippen molar-refractivity contribution in [2.45, 2.75) is 51.0 Å². The number of aromatic nitrogens is 1. The summed E-state index contributed by atoms with van der Waals surface area (Å²) in [6.07, 6.45) is 4.25. The summed E-state index contributed by atoms with van der Waals surface area (Å²) < 4.78 is 2.06.